The van der Waals surface area contributed by atoms with Gasteiger partial charge in [0, 0.05) is 0 Å². The number of hydrogen-bond donors (Lipinski definition) is 0. The van der Waals surface area contributed by atoms with Gasteiger partial charge in [-0.1, -0.05) is 38.7 Å². The zero-order chi connectivity index (χ0) is 15.2. The predicted molar refractivity (Wildman–Crippen MR) is 85.4 cm³/mol. The van der Waals surface area contributed by atoms with Gasteiger partial charge in [0.2, 0.25) is 0 Å². The lowest BCUT2D eigenvalue weighted by Gasteiger charge is -2.29. The van der Waals surface area contributed by atoms with Gasteiger partial charge in [-0.25, -0.2) is 4.39 Å². The van der Waals surface area contributed by atoms with E-state index in [1.165, 1.54) is 50.7 Å². The van der Waals surface area contributed by atoms with Crippen LogP contribution in [-0.4, -0.2) is 5.24 Å². The fraction of sp³-hybridized carbons (Fsp3) is 0.611. The Morgan fingerprint density at radius 2 is 1.95 bits per heavy atom. The van der Waals surface area contributed by atoms with Gasteiger partial charge in [0.15, 0.2) is 0 Å². The Morgan fingerprint density at radius 1 is 1.24 bits per heavy atom. The zero-order valence-electron chi connectivity index (χ0n) is 12.7. The van der Waals surface area contributed by atoms with Gasteiger partial charge in [-0.15, -0.1) is 0 Å². The first-order chi connectivity index (χ1) is 10.1. The number of halogens is 2. The van der Waals surface area contributed by atoms with Crippen LogP contribution in [0.4, 0.5) is 4.39 Å². The van der Waals surface area contributed by atoms with Crippen molar-refractivity contribution in [2.45, 2.75) is 64.2 Å². The standard InChI is InChI=1S/C18H24ClFO/c1-2-3-4-5-13-6-8-14(9-7-13)15-10-11-16(18(19)21)17(20)12-15/h10-14H,2-9H2,1H3/t13-,14-. The van der Waals surface area contributed by atoms with E-state index in [0.29, 0.717) is 5.92 Å². The second-order valence-electron chi connectivity index (χ2n) is 6.23. The smallest absolute Gasteiger partial charge is 0.255 e. The first kappa shape index (κ1) is 16.5. The van der Waals surface area contributed by atoms with Gasteiger partial charge in [0.1, 0.15) is 5.82 Å². The summed E-state index contributed by atoms with van der Waals surface area (Å²) in [7, 11) is 0. The van der Waals surface area contributed by atoms with Crippen LogP contribution in [0, 0.1) is 11.7 Å². The highest BCUT2D eigenvalue weighted by Gasteiger charge is 2.23. The number of hydrogen-bond acceptors (Lipinski definition) is 1. The molecule has 0 saturated heterocycles. The third-order valence-electron chi connectivity index (χ3n) is 4.74. The van der Waals surface area contributed by atoms with E-state index in [2.05, 4.69) is 6.92 Å². The largest absolute Gasteiger partial charge is 0.275 e. The molecule has 0 N–H and O–H groups in total. The Balaban J connectivity index is 1.90. The van der Waals surface area contributed by atoms with E-state index in [-0.39, 0.29) is 5.56 Å². The third-order valence-corrected chi connectivity index (χ3v) is 4.94. The van der Waals surface area contributed by atoms with Gasteiger partial charge < -0.3 is 0 Å². The van der Waals surface area contributed by atoms with Crippen LogP contribution < -0.4 is 0 Å². The molecular formula is C18H24ClFO. The van der Waals surface area contributed by atoms with Gasteiger partial charge in [-0.05, 0) is 66.8 Å². The first-order valence-electron chi connectivity index (χ1n) is 8.11. The number of benzene rings is 1. The molecule has 1 aromatic rings. The minimum absolute atomic E-state index is 0.0198. The van der Waals surface area contributed by atoms with Crippen molar-refractivity contribution in [1.82, 2.24) is 0 Å². The molecule has 0 bridgehead atoms. The Kier molecular flexibility index (Phi) is 6.22. The maximum atomic E-state index is 13.8. The highest BCUT2D eigenvalue weighted by molar-refractivity contribution is 6.67. The highest BCUT2D eigenvalue weighted by Crippen LogP contribution is 2.38. The van der Waals surface area contributed by atoms with Crippen LogP contribution in [0.2, 0.25) is 0 Å². The second kappa shape index (κ2) is 7.93. The molecule has 2 rings (SSSR count). The molecule has 0 aromatic heterocycles. The second-order valence-corrected chi connectivity index (χ2v) is 6.57. The molecule has 3 heteroatoms. The predicted octanol–water partition coefficient (Wildman–Crippen LogP) is 6.06. The molecule has 1 aliphatic rings. The average Bonchev–Trinajstić information content (AvgIpc) is 2.48. The van der Waals surface area contributed by atoms with Crippen LogP contribution >= 0.6 is 11.6 Å². The summed E-state index contributed by atoms with van der Waals surface area (Å²) in [4.78, 5) is 11.0. The van der Waals surface area contributed by atoms with Crippen LogP contribution in [-0.2, 0) is 0 Å². The summed E-state index contributed by atoms with van der Waals surface area (Å²) in [5.74, 6) is 0.792. The molecule has 1 nitrogen and oxygen atoms in total. The van der Waals surface area contributed by atoms with Gasteiger partial charge in [0.25, 0.3) is 5.24 Å². The van der Waals surface area contributed by atoms with Crippen LogP contribution in [0.1, 0.15) is 80.1 Å². The summed E-state index contributed by atoms with van der Waals surface area (Å²) in [5, 5.41) is -0.723. The van der Waals surface area contributed by atoms with Crippen LogP contribution in [0.15, 0.2) is 18.2 Å². The van der Waals surface area contributed by atoms with Gasteiger partial charge in [-0.3, -0.25) is 4.79 Å². The van der Waals surface area contributed by atoms with Crippen molar-refractivity contribution in [3.05, 3.63) is 35.1 Å². The van der Waals surface area contributed by atoms with Crippen LogP contribution in [0.5, 0.6) is 0 Å². The molecule has 116 valence electrons. The summed E-state index contributed by atoms with van der Waals surface area (Å²) in [6.45, 7) is 2.24. The maximum Gasteiger partial charge on any atom is 0.255 e. The van der Waals surface area contributed by atoms with E-state index in [4.69, 9.17) is 11.6 Å². The van der Waals surface area contributed by atoms with Crippen LogP contribution in [0.25, 0.3) is 0 Å². The van der Waals surface area contributed by atoms with Gasteiger partial charge in [0.05, 0.1) is 5.56 Å². The molecule has 1 fully saturated rings. The molecule has 1 saturated carbocycles. The Hall–Kier alpha value is -0.890. The minimum atomic E-state index is -0.723. The van der Waals surface area contributed by atoms with E-state index < -0.39 is 11.1 Å². The third kappa shape index (κ3) is 4.54. The number of carbonyl (C=O) groups excluding carboxylic acids is 1. The Labute approximate surface area is 131 Å². The van der Waals surface area contributed by atoms with Crippen molar-refractivity contribution in [2.75, 3.05) is 0 Å². The topological polar surface area (TPSA) is 17.1 Å². The van der Waals surface area contributed by atoms with Crippen molar-refractivity contribution < 1.29 is 9.18 Å². The van der Waals surface area contributed by atoms with E-state index in [1.54, 1.807) is 0 Å². The fourth-order valence-corrected chi connectivity index (χ4v) is 3.57. The van der Waals surface area contributed by atoms with Crippen molar-refractivity contribution >= 4 is 16.8 Å². The normalized spacial score (nSPS) is 22.2. The summed E-state index contributed by atoms with van der Waals surface area (Å²) in [6.07, 6.45) is 10.0. The van der Waals surface area contributed by atoms with Crippen molar-refractivity contribution in [3.8, 4) is 0 Å². The maximum absolute atomic E-state index is 13.8. The molecule has 1 aromatic carbocycles. The zero-order valence-corrected chi connectivity index (χ0v) is 13.5. The van der Waals surface area contributed by atoms with Crippen LogP contribution in [0.3, 0.4) is 0 Å². The molecule has 0 spiro atoms. The Morgan fingerprint density at radius 3 is 2.52 bits per heavy atom. The number of rotatable bonds is 6. The average molecular weight is 311 g/mol. The lowest BCUT2D eigenvalue weighted by Crippen LogP contribution is -2.13. The SMILES string of the molecule is CCCCC[C@H]1CC[C@H](c2ccc(C(=O)Cl)c(F)c2)CC1. The van der Waals surface area contributed by atoms with E-state index >= 15 is 0 Å². The lowest BCUT2D eigenvalue weighted by atomic mass is 9.77. The monoisotopic (exact) mass is 310 g/mol. The van der Waals surface area contributed by atoms with E-state index in [1.807, 2.05) is 6.07 Å². The molecule has 0 heterocycles. The lowest BCUT2D eigenvalue weighted by molar-refractivity contribution is 0.107. The van der Waals surface area contributed by atoms with Crippen molar-refractivity contribution in [1.29, 1.82) is 0 Å². The Bertz CT molecular complexity index is 478. The number of unbranched alkanes of at least 4 members (excludes halogenated alkanes) is 2. The molecule has 0 radical (unpaired) electrons. The summed E-state index contributed by atoms with van der Waals surface area (Å²) >= 11 is 5.35. The molecule has 0 atom stereocenters. The molecular weight excluding hydrogens is 287 g/mol. The first-order valence-corrected chi connectivity index (χ1v) is 8.49. The summed E-state index contributed by atoms with van der Waals surface area (Å²) in [5.41, 5.74) is 0.995. The van der Waals surface area contributed by atoms with Crippen molar-refractivity contribution in [2.24, 2.45) is 5.92 Å². The quantitative estimate of drug-likeness (QED) is 0.461. The highest BCUT2D eigenvalue weighted by atomic mass is 35.5. The molecule has 0 amide bonds. The molecule has 0 unspecified atom stereocenters. The number of carbonyl (C=O) groups is 1. The van der Waals surface area contributed by atoms with Gasteiger partial charge in [-0.2, -0.15) is 0 Å². The minimum Gasteiger partial charge on any atom is -0.275 e. The van der Waals surface area contributed by atoms with Crippen molar-refractivity contribution in [3.63, 3.8) is 0 Å². The van der Waals surface area contributed by atoms with E-state index in [9.17, 15) is 9.18 Å². The van der Waals surface area contributed by atoms with E-state index in [0.717, 1.165) is 24.3 Å². The molecule has 1 aliphatic carbocycles. The molecule has 0 aliphatic heterocycles. The summed E-state index contributed by atoms with van der Waals surface area (Å²) < 4.78 is 13.8. The fourth-order valence-electron chi connectivity index (χ4n) is 3.41. The summed E-state index contributed by atoms with van der Waals surface area (Å²) in [6, 6.07) is 4.88. The molecule has 21 heavy (non-hydrogen) atoms. The van der Waals surface area contributed by atoms with Gasteiger partial charge >= 0.3 is 0 Å².